The highest BCUT2D eigenvalue weighted by molar-refractivity contribution is 7.19. The normalized spacial score (nSPS) is 21.9. The van der Waals surface area contributed by atoms with Crippen molar-refractivity contribution in [1.82, 2.24) is 15.1 Å². The van der Waals surface area contributed by atoms with E-state index in [0.717, 1.165) is 43.0 Å². The van der Waals surface area contributed by atoms with Crippen LogP contribution in [0.25, 0.3) is 0 Å². The van der Waals surface area contributed by atoms with Gasteiger partial charge in [0, 0.05) is 51.0 Å². The van der Waals surface area contributed by atoms with Gasteiger partial charge in [-0.05, 0) is 25.0 Å². The number of nitrogens with zero attached hydrogens (tertiary/aromatic N) is 6. The van der Waals surface area contributed by atoms with Crippen LogP contribution in [0.4, 0.5) is 20.7 Å². The van der Waals surface area contributed by atoms with Gasteiger partial charge in [0.05, 0.1) is 0 Å². The highest BCUT2D eigenvalue weighted by Gasteiger charge is 2.34. The Bertz CT molecular complexity index is 813. The van der Waals surface area contributed by atoms with Crippen LogP contribution >= 0.6 is 11.3 Å². The first-order valence-electron chi connectivity index (χ1n) is 10.3. The number of anilines is 3. The Morgan fingerprint density at radius 2 is 1.50 bits per heavy atom. The van der Waals surface area contributed by atoms with Crippen LogP contribution in [-0.4, -0.2) is 66.4 Å². The zero-order valence-corrected chi connectivity index (χ0v) is 16.9. The molecule has 3 heterocycles. The number of hydrogen-bond donors (Lipinski definition) is 0. The molecule has 148 valence electrons. The summed E-state index contributed by atoms with van der Waals surface area (Å²) in [5, 5.41) is 10.4. The van der Waals surface area contributed by atoms with Gasteiger partial charge in [0.25, 0.3) is 0 Å². The SMILES string of the molecule is O=C1N(c2ccccc2)CCN1c1nnc(N2CCN(C3CCCC3)CC2)s1. The Morgan fingerprint density at radius 3 is 2.25 bits per heavy atom. The number of amides is 2. The smallest absolute Gasteiger partial charge is 0.330 e. The predicted molar refractivity (Wildman–Crippen MR) is 112 cm³/mol. The molecule has 0 unspecified atom stereocenters. The van der Waals surface area contributed by atoms with Crippen LogP contribution in [0.5, 0.6) is 0 Å². The van der Waals surface area contributed by atoms with Gasteiger partial charge in [-0.25, -0.2) is 4.79 Å². The van der Waals surface area contributed by atoms with E-state index in [9.17, 15) is 4.79 Å². The molecule has 3 fully saturated rings. The van der Waals surface area contributed by atoms with Crippen LogP contribution in [0, 0.1) is 0 Å². The van der Waals surface area contributed by atoms with Crippen LogP contribution in [0.3, 0.4) is 0 Å². The average molecular weight is 399 g/mol. The van der Waals surface area contributed by atoms with Crippen LogP contribution in [0.15, 0.2) is 30.3 Å². The highest BCUT2D eigenvalue weighted by Crippen LogP contribution is 2.32. The van der Waals surface area contributed by atoms with Crippen molar-refractivity contribution in [2.24, 2.45) is 0 Å². The molecular formula is C20H26N6OS. The fourth-order valence-corrected chi connectivity index (χ4v) is 5.47. The fraction of sp³-hybridized carbons (Fsp3) is 0.550. The topological polar surface area (TPSA) is 55.8 Å². The van der Waals surface area contributed by atoms with Crippen LogP contribution < -0.4 is 14.7 Å². The third-order valence-corrected chi connectivity index (χ3v) is 7.14. The molecule has 0 radical (unpaired) electrons. The van der Waals surface area contributed by atoms with E-state index in [0.29, 0.717) is 18.2 Å². The molecule has 2 aliphatic heterocycles. The van der Waals surface area contributed by atoms with Crippen molar-refractivity contribution in [2.45, 2.75) is 31.7 Å². The molecule has 1 aliphatic carbocycles. The van der Waals surface area contributed by atoms with E-state index in [1.165, 1.54) is 37.0 Å². The molecule has 1 aromatic heterocycles. The second kappa shape index (κ2) is 7.67. The monoisotopic (exact) mass is 398 g/mol. The van der Waals surface area contributed by atoms with Gasteiger partial charge in [-0.3, -0.25) is 14.7 Å². The maximum absolute atomic E-state index is 12.9. The van der Waals surface area contributed by atoms with E-state index >= 15 is 0 Å². The number of carbonyl (C=O) groups excluding carboxylic acids is 1. The lowest BCUT2D eigenvalue weighted by Crippen LogP contribution is -2.49. The first kappa shape index (κ1) is 17.9. The molecule has 2 saturated heterocycles. The third-order valence-electron chi connectivity index (χ3n) is 6.14. The Hall–Kier alpha value is -2.19. The zero-order valence-electron chi connectivity index (χ0n) is 16.0. The van der Waals surface area contributed by atoms with Gasteiger partial charge in [-0.15, -0.1) is 10.2 Å². The van der Waals surface area contributed by atoms with E-state index in [1.807, 2.05) is 30.3 Å². The summed E-state index contributed by atoms with van der Waals surface area (Å²) in [6.07, 6.45) is 5.49. The number of urea groups is 1. The molecule has 8 heteroatoms. The summed E-state index contributed by atoms with van der Waals surface area (Å²) in [6.45, 7) is 5.52. The van der Waals surface area contributed by atoms with Crippen LogP contribution in [-0.2, 0) is 0 Å². The molecule has 0 spiro atoms. The van der Waals surface area contributed by atoms with E-state index in [4.69, 9.17) is 0 Å². The summed E-state index contributed by atoms with van der Waals surface area (Å²) in [6, 6.07) is 10.6. The summed E-state index contributed by atoms with van der Waals surface area (Å²) in [5.41, 5.74) is 0.933. The number of piperazine rings is 1. The van der Waals surface area contributed by atoms with Gasteiger partial charge >= 0.3 is 6.03 Å². The molecule has 5 rings (SSSR count). The summed E-state index contributed by atoms with van der Waals surface area (Å²) < 4.78 is 0. The molecule has 0 N–H and O–H groups in total. The molecule has 3 aliphatic rings. The van der Waals surface area contributed by atoms with Gasteiger partial charge in [-0.1, -0.05) is 42.4 Å². The average Bonchev–Trinajstić information content (AvgIpc) is 3.50. The van der Waals surface area contributed by atoms with Crippen molar-refractivity contribution in [2.75, 3.05) is 54.0 Å². The van der Waals surface area contributed by atoms with E-state index in [2.05, 4.69) is 20.0 Å². The quantitative estimate of drug-likeness (QED) is 0.792. The minimum Gasteiger partial charge on any atom is -0.344 e. The van der Waals surface area contributed by atoms with Crippen molar-refractivity contribution >= 4 is 33.3 Å². The maximum Gasteiger partial charge on any atom is 0.330 e. The summed E-state index contributed by atoms with van der Waals surface area (Å²) in [5.74, 6) is 0. The molecule has 0 atom stereocenters. The molecule has 28 heavy (non-hydrogen) atoms. The highest BCUT2D eigenvalue weighted by atomic mass is 32.1. The Kier molecular flexibility index (Phi) is 4.90. The third kappa shape index (κ3) is 3.35. The van der Waals surface area contributed by atoms with E-state index in [-0.39, 0.29) is 6.03 Å². The number of benzene rings is 1. The van der Waals surface area contributed by atoms with Crippen molar-refractivity contribution in [3.8, 4) is 0 Å². The lowest BCUT2D eigenvalue weighted by molar-refractivity contribution is 0.187. The molecule has 1 aromatic carbocycles. The van der Waals surface area contributed by atoms with Crippen molar-refractivity contribution in [3.63, 3.8) is 0 Å². The first-order chi connectivity index (χ1) is 13.8. The minimum absolute atomic E-state index is 0.0139. The molecule has 0 bridgehead atoms. The maximum atomic E-state index is 12.9. The summed E-state index contributed by atoms with van der Waals surface area (Å²) in [7, 11) is 0. The second-order valence-corrected chi connectivity index (χ2v) is 8.68. The molecule has 1 saturated carbocycles. The van der Waals surface area contributed by atoms with E-state index < -0.39 is 0 Å². The van der Waals surface area contributed by atoms with Crippen LogP contribution in [0.1, 0.15) is 25.7 Å². The van der Waals surface area contributed by atoms with Crippen LogP contribution in [0.2, 0.25) is 0 Å². The number of carbonyl (C=O) groups is 1. The standard InChI is InChI=1S/C20H26N6OS/c27-20-25(17-8-2-1-3-9-17)14-15-26(20)19-22-21-18(28-19)24-12-10-23(11-13-24)16-6-4-5-7-16/h1-3,8-9,16H,4-7,10-15H2. The van der Waals surface area contributed by atoms with Gasteiger partial charge in [0.2, 0.25) is 10.3 Å². The molecule has 2 aromatic rings. The number of para-hydroxylation sites is 1. The lowest BCUT2D eigenvalue weighted by atomic mass is 10.2. The Morgan fingerprint density at radius 1 is 0.821 bits per heavy atom. The van der Waals surface area contributed by atoms with Gasteiger partial charge < -0.3 is 4.90 Å². The molecular weight excluding hydrogens is 372 g/mol. The number of aromatic nitrogens is 2. The summed E-state index contributed by atoms with van der Waals surface area (Å²) >= 11 is 1.53. The van der Waals surface area contributed by atoms with Crippen molar-refractivity contribution in [1.29, 1.82) is 0 Å². The van der Waals surface area contributed by atoms with Crippen molar-refractivity contribution in [3.05, 3.63) is 30.3 Å². The number of hydrogen-bond acceptors (Lipinski definition) is 6. The second-order valence-electron chi connectivity index (χ2n) is 7.75. The zero-order chi connectivity index (χ0) is 18.9. The van der Waals surface area contributed by atoms with Crippen molar-refractivity contribution < 1.29 is 4.79 Å². The van der Waals surface area contributed by atoms with Gasteiger partial charge in [0.1, 0.15) is 0 Å². The summed E-state index contributed by atoms with van der Waals surface area (Å²) in [4.78, 5) is 21.4. The lowest BCUT2D eigenvalue weighted by Gasteiger charge is -2.37. The molecule has 2 amide bonds. The van der Waals surface area contributed by atoms with E-state index in [1.54, 1.807) is 9.80 Å². The largest absolute Gasteiger partial charge is 0.344 e. The minimum atomic E-state index is -0.0139. The van der Waals surface area contributed by atoms with Gasteiger partial charge in [-0.2, -0.15) is 0 Å². The molecule has 7 nitrogen and oxygen atoms in total. The Balaban J connectivity index is 1.23. The van der Waals surface area contributed by atoms with Gasteiger partial charge in [0.15, 0.2) is 0 Å². The fourth-order valence-electron chi connectivity index (χ4n) is 4.55. The number of rotatable bonds is 4. The predicted octanol–water partition coefficient (Wildman–Crippen LogP) is 3.05. The Labute approximate surface area is 169 Å². The first-order valence-corrected chi connectivity index (χ1v) is 11.1.